The van der Waals surface area contributed by atoms with Gasteiger partial charge in [-0.2, -0.15) is 0 Å². The zero-order valence-corrected chi connectivity index (χ0v) is 15.2. The number of rotatable bonds is 6. The lowest BCUT2D eigenvalue weighted by atomic mass is 10.3. The Hall–Kier alpha value is -3.29. The first kappa shape index (κ1) is 18.5. The van der Waals surface area contributed by atoms with Gasteiger partial charge < -0.3 is 25.3 Å². The molecule has 1 fully saturated rings. The van der Waals surface area contributed by atoms with Gasteiger partial charge in [0.15, 0.2) is 0 Å². The minimum Gasteiger partial charge on any atom is -0.497 e. The van der Waals surface area contributed by atoms with Crippen LogP contribution in [0.4, 0.5) is 16.2 Å². The Morgan fingerprint density at radius 1 is 1.11 bits per heavy atom. The molecule has 1 aromatic heterocycles. The van der Waals surface area contributed by atoms with Crippen molar-refractivity contribution in [1.29, 1.82) is 0 Å². The minimum absolute atomic E-state index is 0.0726. The van der Waals surface area contributed by atoms with Crippen LogP contribution in [0.25, 0.3) is 0 Å². The number of methoxy groups -OCH3 is 1. The maximum atomic E-state index is 12.6. The Labute approximate surface area is 156 Å². The molecule has 1 aromatic carbocycles. The average Bonchev–Trinajstić information content (AvgIpc) is 3.45. The SMILES string of the molecule is COc1ccc(NC(=O)Nc2ccc(C)n(CC(=O)NC3CC3)c2=O)cc1. The van der Waals surface area contributed by atoms with Gasteiger partial charge in [0.1, 0.15) is 18.0 Å². The van der Waals surface area contributed by atoms with Crippen LogP contribution in [0.1, 0.15) is 18.5 Å². The van der Waals surface area contributed by atoms with Crippen molar-refractivity contribution in [3.8, 4) is 5.75 Å². The molecule has 2 aromatic rings. The van der Waals surface area contributed by atoms with Gasteiger partial charge in [0, 0.05) is 17.4 Å². The molecular formula is C19H22N4O4. The number of nitrogens with zero attached hydrogens (tertiary/aromatic N) is 1. The molecule has 142 valence electrons. The first-order chi connectivity index (χ1) is 13.0. The summed E-state index contributed by atoms with van der Waals surface area (Å²) in [5.41, 5.74) is 0.883. The van der Waals surface area contributed by atoms with Crippen LogP contribution >= 0.6 is 0 Å². The number of benzene rings is 1. The third-order valence-corrected chi connectivity index (χ3v) is 4.23. The summed E-state index contributed by atoms with van der Waals surface area (Å²) in [6, 6.07) is 9.71. The van der Waals surface area contributed by atoms with E-state index in [1.165, 1.54) is 10.6 Å². The normalized spacial score (nSPS) is 13.0. The maximum absolute atomic E-state index is 12.6. The van der Waals surface area contributed by atoms with E-state index < -0.39 is 11.6 Å². The van der Waals surface area contributed by atoms with Crippen LogP contribution < -0.4 is 26.2 Å². The average molecular weight is 370 g/mol. The second kappa shape index (κ2) is 7.94. The van der Waals surface area contributed by atoms with Gasteiger partial charge in [-0.15, -0.1) is 0 Å². The van der Waals surface area contributed by atoms with Crippen molar-refractivity contribution in [2.75, 3.05) is 17.7 Å². The van der Waals surface area contributed by atoms with Crippen LogP contribution in [-0.2, 0) is 11.3 Å². The van der Waals surface area contributed by atoms with Gasteiger partial charge in [0.25, 0.3) is 5.56 Å². The summed E-state index contributed by atoms with van der Waals surface area (Å²) in [6.07, 6.45) is 1.96. The van der Waals surface area contributed by atoms with Crippen LogP contribution in [0, 0.1) is 6.92 Å². The van der Waals surface area contributed by atoms with E-state index in [4.69, 9.17) is 4.74 Å². The quantitative estimate of drug-likeness (QED) is 0.725. The van der Waals surface area contributed by atoms with Crippen molar-refractivity contribution in [3.05, 3.63) is 52.4 Å². The highest BCUT2D eigenvalue weighted by molar-refractivity contribution is 5.99. The highest BCUT2D eigenvalue weighted by Crippen LogP contribution is 2.18. The molecule has 8 heteroatoms. The molecule has 0 spiro atoms. The minimum atomic E-state index is -0.546. The highest BCUT2D eigenvalue weighted by Gasteiger charge is 2.23. The van der Waals surface area contributed by atoms with Gasteiger partial charge in [-0.05, 0) is 56.2 Å². The number of aromatic nitrogens is 1. The smallest absolute Gasteiger partial charge is 0.323 e. The lowest BCUT2D eigenvalue weighted by Crippen LogP contribution is -2.35. The summed E-state index contributed by atoms with van der Waals surface area (Å²) in [4.78, 5) is 36.8. The van der Waals surface area contributed by atoms with Gasteiger partial charge in [0.2, 0.25) is 5.91 Å². The first-order valence-corrected chi connectivity index (χ1v) is 8.68. The van der Waals surface area contributed by atoms with E-state index in [2.05, 4.69) is 16.0 Å². The molecule has 3 amide bonds. The summed E-state index contributed by atoms with van der Waals surface area (Å²) >= 11 is 0. The number of urea groups is 1. The summed E-state index contributed by atoms with van der Waals surface area (Å²) in [6.45, 7) is 1.67. The van der Waals surface area contributed by atoms with Crippen molar-refractivity contribution >= 4 is 23.3 Å². The molecule has 0 aliphatic heterocycles. The van der Waals surface area contributed by atoms with Crippen molar-refractivity contribution in [3.63, 3.8) is 0 Å². The van der Waals surface area contributed by atoms with Gasteiger partial charge in [-0.25, -0.2) is 4.79 Å². The largest absolute Gasteiger partial charge is 0.497 e. The van der Waals surface area contributed by atoms with Gasteiger partial charge in [-0.1, -0.05) is 0 Å². The number of ether oxygens (including phenoxy) is 1. The third-order valence-electron chi connectivity index (χ3n) is 4.23. The molecule has 3 rings (SSSR count). The molecule has 1 saturated carbocycles. The fraction of sp³-hybridized carbons (Fsp3) is 0.316. The van der Waals surface area contributed by atoms with Crippen LogP contribution in [0.2, 0.25) is 0 Å². The number of carbonyl (C=O) groups excluding carboxylic acids is 2. The third kappa shape index (κ3) is 4.87. The fourth-order valence-electron chi connectivity index (χ4n) is 2.57. The molecule has 0 atom stereocenters. The summed E-state index contributed by atoms with van der Waals surface area (Å²) < 4.78 is 6.41. The summed E-state index contributed by atoms with van der Waals surface area (Å²) in [5.74, 6) is 0.467. The van der Waals surface area contributed by atoms with E-state index in [9.17, 15) is 14.4 Å². The lowest BCUT2D eigenvalue weighted by molar-refractivity contribution is -0.121. The van der Waals surface area contributed by atoms with Crippen molar-refractivity contribution in [2.24, 2.45) is 0 Å². The lowest BCUT2D eigenvalue weighted by Gasteiger charge is -2.13. The van der Waals surface area contributed by atoms with Crippen LogP contribution in [0.3, 0.4) is 0 Å². The van der Waals surface area contributed by atoms with Crippen LogP contribution in [0.5, 0.6) is 5.75 Å². The number of aryl methyl sites for hydroxylation is 1. The maximum Gasteiger partial charge on any atom is 0.323 e. The predicted octanol–water partition coefficient (Wildman–Crippen LogP) is 2.09. The molecule has 0 radical (unpaired) electrons. The number of amides is 3. The molecule has 8 nitrogen and oxygen atoms in total. The summed E-state index contributed by atoms with van der Waals surface area (Å²) in [5, 5.41) is 8.03. The van der Waals surface area contributed by atoms with Crippen molar-refractivity contribution in [2.45, 2.75) is 32.4 Å². The van der Waals surface area contributed by atoms with E-state index in [0.717, 1.165) is 12.8 Å². The van der Waals surface area contributed by atoms with E-state index in [1.807, 2.05) is 0 Å². The number of anilines is 2. The Morgan fingerprint density at radius 3 is 2.44 bits per heavy atom. The predicted molar refractivity (Wildman–Crippen MR) is 102 cm³/mol. The molecule has 0 saturated heterocycles. The Bertz CT molecular complexity index is 901. The van der Waals surface area contributed by atoms with Gasteiger partial charge in [0.05, 0.1) is 7.11 Å². The summed E-state index contributed by atoms with van der Waals surface area (Å²) in [7, 11) is 1.56. The van der Waals surface area contributed by atoms with E-state index in [1.54, 1.807) is 44.4 Å². The van der Waals surface area contributed by atoms with Crippen LogP contribution in [-0.4, -0.2) is 29.7 Å². The van der Waals surface area contributed by atoms with E-state index in [0.29, 0.717) is 17.1 Å². The van der Waals surface area contributed by atoms with E-state index >= 15 is 0 Å². The standard InChI is InChI=1S/C19H22N4O4/c1-12-3-10-16(18(25)23(12)11-17(24)20-13-4-5-13)22-19(26)21-14-6-8-15(27-2)9-7-14/h3,6-10,13H,4-5,11H2,1-2H3,(H,20,24)(H2,21,22,26). The van der Waals surface area contributed by atoms with Crippen molar-refractivity contribution in [1.82, 2.24) is 9.88 Å². The molecule has 0 unspecified atom stereocenters. The first-order valence-electron chi connectivity index (χ1n) is 8.68. The molecular weight excluding hydrogens is 348 g/mol. The molecule has 0 bridgehead atoms. The number of carbonyl (C=O) groups is 2. The topological polar surface area (TPSA) is 101 Å². The molecule has 27 heavy (non-hydrogen) atoms. The zero-order chi connectivity index (χ0) is 19.4. The van der Waals surface area contributed by atoms with Crippen LogP contribution in [0.15, 0.2) is 41.2 Å². The monoisotopic (exact) mass is 370 g/mol. The van der Waals surface area contributed by atoms with Gasteiger partial charge >= 0.3 is 6.03 Å². The highest BCUT2D eigenvalue weighted by atomic mass is 16.5. The molecule has 3 N–H and O–H groups in total. The number of hydrogen-bond donors (Lipinski definition) is 3. The fourth-order valence-corrected chi connectivity index (χ4v) is 2.57. The zero-order valence-electron chi connectivity index (χ0n) is 15.2. The molecule has 1 aliphatic carbocycles. The molecule has 1 aliphatic rings. The van der Waals surface area contributed by atoms with E-state index in [-0.39, 0.29) is 24.2 Å². The second-order valence-electron chi connectivity index (χ2n) is 6.43. The van der Waals surface area contributed by atoms with Crippen molar-refractivity contribution < 1.29 is 14.3 Å². The Balaban J connectivity index is 1.68. The van der Waals surface area contributed by atoms with Gasteiger partial charge in [-0.3, -0.25) is 9.59 Å². The Morgan fingerprint density at radius 2 is 1.81 bits per heavy atom. The Kier molecular flexibility index (Phi) is 5.44. The number of nitrogens with one attached hydrogen (secondary N) is 3. The number of hydrogen-bond acceptors (Lipinski definition) is 4. The second-order valence-corrected chi connectivity index (χ2v) is 6.43. The molecule has 1 heterocycles. The number of pyridine rings is 1.